The minimum absolute atomic E-state index is 0.0283. The normalized spacial score (nSPS) is 15.0. The van der Waals surface area contributed by atoms with Gasteiger partial charge in [0.05, 0.1) is 11.4 Å². The second kappa shape index (κ2) is 5.97. The molecule has 0 fully saturated rings. The Labute approximate surface area is 149 Å². The minimum Gasteiger partial charge on any atom is -0.289 e. The summed E-state index contributed by atoms with van der Waals surface area (Å²) >= 11 is 6.49. The summed E-state index contributed by atoms with van der Waals surface area (Å²) in [7, 11) is 0. The number of aromatic nitrogens is 2. The summed E-state index contributed by atoms with van der Waals surface area (Å²) in [5.41, 5.74) is 4.56. The molecule has 0 aliphatic heterocycles. The fourth-order valence-electron chi connectivity index (χ4n) is 3.07. The van der Waals surface area contributed by atoms with Gasteiger partial charge in [-0.25, -0.2) is 9.07 Å². The number of nitrogens with zero attached hydrogens (tertiary/aromatic N) is 2. The van der Waals surface area contributed by atoms with E-state index >= 15 is 0 Å². The molecule has 0 unspecified atom stereocenters. The number of hydrogen-bond donors (Lipinski definition) is 0. The Hall–Kier alpha value is -2.72. The molecule has 0 amide bonds. The average Bonchev–Trinajstić information content (AvgIpc) is 3.08. The van der Waals surface area contributed by atoms with E-state index in [1.54, 1.807) is 16.8 Å². The van der Waals surface area contributed by atoms with Gasteiger partial charge in [0.25, 0.3) is 0 Å². The number of ketones is 1. The van der Waals surface area contributed by atoms with Crippen molar-refractivity contribution >= 4 is 23.5 Å². The van der Waals surface area contributed by atoms with E-state index in [0.717, 1.165) is 11.1 Å². The smallest absolute Gasteiger partial charge is 0.189 e. The average molecular weight is 353 g/mol. The van der Waals surface area contributed by atoms with E-state index in [9.17, 15) is 9.18 Å². The summed E-state index contributed by atoms with van der Waals surface area (Å²) in [5, 5.41) is 4.84. The van der Waals surface area contributed by atoms with Crippen molar-refractivity contribution < 1.29 is 9.18 Å². The second-order valence-electron chi connectivity index (χ2n) is 6.01. The first kappa shape index (κ1) is 15.8. The second-order valence-corrected chi connectivity index (χ2v) is 6.37. The summed E-state index contributed by atoms with van der Waals surface area (Å²) in [6.07, 6.45) is 2.40. The van der Waals surface area contributed by atoms with Crippen LogP contribution in [0.3, 0.4) is 0 Å². The zero-order valence-electron chi connectivity index (χ0n) is 13.5. The van der Waals surface area contributed by atoms with E-state index in [1.807, 2.05) is 37.3 Å². The zero-order chi connectivity index (χ0) is 17.6. The molecule has 0 atom stereocenters. The van der Waals surface area contributed by atoms with Gasteiger partial charge < -0.3 is 0 Å². The summed E-state index contributed by atoms with van der Waals surface area (Å²) in [6.45, 7) is 1.84. The van der Waals surface area contributed by atoms with Crippen LogP contribution in [0.4, 0.5) is 4.39 Å². The van der Waals surface area contributed by atoms with Crippen LogP contribution in [0.2, 0.25) is 5.15 Å². The van der Waals surface area contributed by atoms with Crippen LogP contribution in [0.25, 0.3) is 11.8 Å². The van der Waals surface area contributed by atoms with Crippen LogP contribution >= 0.6 is 11.6 Å². The molecule has 0 saturated carbocycles. The Morgan fingerprint density at radius 1 is 1.16 bits per heavy atom. The maximum Gasteiger partial charge on any atom is 0.189 e. The maximum absolute atomic E-state index is 13.1. The first-order chi connectivity index (χ1) is 12.0. The van der Waals surface area contributed by atoms with Crippen molar-refractivity contribution in [3.63, 3.8) is 0 Å². The van der Waals surface area contributed by atoms with E-state index < -0.39 is 0 Å². The molecule has 0 bridgehead atoms. The molecule has 4 rings (SSSR count). The van der Waals surface area contributed by atoms with E-state index in [4.69, 9.17) is 11.6 Å². The topological polar surface area (TPSA) is 34.9 Å². The lowest BCUT2D eigenvalue weighted by molar-refractivity contribution is 0.104. The number of hydrogen-bond acceptors (Lipinski definition) is 2. The number of allylic oxidation sites excluding steroid dienone is 1. The van der Waals surface area contributed by atoms with Gasteiger partial charge >= 0.3 is 0 Å². The van der Waals surface area contributed by atoms with Gasteiger partial charge in [-0.05, 0) is 42.8 Å². The van der Waals surface area contributed by atoms with E-state index in [-0.39, 0.29) is 11.6 Å². The van der Waals surface area contributed by atoms with Crippen LogP contribution < -0.4 is 0 Å². The molecule has 1 aliphatic rings. The van der Waals surface area contributed by atoms with E-state index in [2.05, 4.69) is 5.10 Å². The maximum atomic E-state index is 13.1. The highest BCUT2D eigenvalue weighted by Gasteiger charge is 2.25. The Morgan fingerprint density at radius 2 is 1.88 bits per heavy atom. The number of rotatable bonds is 2. The van der Waals surface area contributed by atoms with Crippen molar-refractivity contribution in [1.29, 1.82) is 0 Å². The molecule has 1 aliphatic carbocycles. The molecule has 0 radical (unpaired) electrons. The number of fused-ring (bicyclic) bond motifs is 1. The quantitative estimate of drug-likeness (QED) is 0.621. The predicted octanol–water partition coefficient (Wildman–Crippen LogP) is 4.80. The third-order valence-corrected chi connectivity index (χ3v) is 4.74. The highest BCUT2D eigenvalue weighted by molar-refractivity contribution is 6.31. The number of carbonyl (C=O) groups is 1. The molecule has 0 saturated heterocycles. The van der Waals surface area contributed by atoms with Crippen molar-refractivity contribution in [2.45, 2.75) is 13.3 Å². The lowest BCUT2D eigenvalue weighted by atomic mass is 10.1. The van der Waals surface area contributed by atoms with Gasteiger partial charge in [-0.2, -0.15) is 5.10 Å². The number of aryl methyl sites for hydroxylation is 1. The highest BCUT2D eigenvalue weighted by atomic mass is 35.5. The molecule has 124 valence electrons. The van der Waals surface area contributed by atoms with Crippen LogP contribution in [0.15, 0.2) is 54.1 Å². The van der Waals surface area contributed by atoms with Crippen molar-refractivity contribution in [2.75, 3.05) is 0 Å². The largest absolute Gasteiger partial charge is 0.289 e. The van der Waals surface area contributed by atoms with Crippen LogP contribution in [-0.2, 0) is 6.42 Å². The van der Waals surface area contributed by atoms with Gasteiger partial charge in [-0.3, -0.25) is 4.79 Å². The molecule has 3 nitrogen and oxygen atoms in total. The van der Waals surface area contributed by atoms with Gasteiger partial charge in [0, 0.05) is 23.1 Å². The lowest BCUT2D eigenvalue weighted by Gasteiger charge is -2.03. The van der Waals surface area contributed by atoms with Gasteiger partial charge in [0.1, 0.15) is 11.0 Å². The van der Waals surface area contributed by atoms with Crippen LogP contribution in [0.5, 0.6) is 0 Å². The van der Waals surface area contributed by atoms with Gasteiger partial charge in [-0.1, -0.05) is 35.9 Å². The fraction of sp³-hybridized carbons (Fsp3) is 0.100. The first-order valence-electron chi connectivity index (χ1n) is 7.89. The van der Waals surface area contributed by atoms with E-state index in [1.165, 1.54) is 12.1 Å². The van der Waals surface area contributed by atoms with Crippen molar-refractivity contribution in [1.82, 2.24) is 9.78 Å². The number of Topliss-reactive ketones (excluding diaryl/α,β-unsaturated/α-hetero) is 1. The molecule has 3 aromatic rings. The number of halogens is 2. The Kier molecular flexibility index (Phi) is 3.77. The lowest BCUT2D eigenvalue weighted by Crippen LogP contribution is -1.97. The molecule has 25 heavy (non-hydrogen) atoms. The Bertz CT molecular complexity index is 1020. The third-order valence-electron chi connectivity index (χ3n) is 4.37. The third kappa shape index (κ3) is 2.68. The fourth-order valence-corrected chi connectivity index (χ4v) is 3.40. The van der Waals surface area contributed by atoms with Crippen LogP contribution in [0, 0.1) is 12.7 Å². The van der Waals surface area contributed by atoms with Gasteiger partial charge in [0.2, 0.25) is 0 Å². The van der Waals surface area contributed by atoms with Crippen LogP contribution in [-0.4, -0.2) is 15.6 Å². The molecule has 5 heteroatoms. The molecular formula is C20H14ClFN2O. The van der Waals surface area contributed by atoms with Gasteiger partial charge in [0.15, 0.2) is 5.78 Å². The number of carbonyl (C=O) groups excluding carboxylic acids is 1. The summed E-state index contributed by atoms with van der Waals surface area (Å²) in [5.74, 6) is -0.291. The summed E-state index contributed by atoms with van der Waals surface area (Å²) in [4.78, 5) is 12.6. The monoisotopic (exact) mass is 352 g/mol. The summed E-state index contributed by atoms with van der Waals surface area (Å²) in [6, 6.07) is 13.5. The SMILES string of the molecule is Cc1nn(-c2ccc(F)cc2)c(Cl)c1/C=C1\Cc2ccccc2C1=O. The van der Waals surface area contributed by atoms with Crippen molar-refractivity contribution in [3.05, 3.63) is 87.5 Å². The number of benzene rings is 2. The summed E-state index contributed by atoms with van der Waals surface area (Å²) < 4.78 is 14.7. The van der Waals surface area contributed by atoms with E-state index in [0.29, 0.717) is 34.1 Å². The molecule has 2 aromatic carbocycles. The standard InChI is InChI=1S/C20H14ClFN2O/c1-12-18(11-14-10-13-4-2-3-5-17(13)19(14)25)20(21)24(23-12)16-8-6-15(22)7-9-16/h2-9,11H,10H2,1H3/b14-11+. The predicted molar refractivity (Wildman–Crippen MR) is 95.7 cm³/mol. The molecule has 0 spiro atoms. The molecule has 1 aromatic heterocycles. The van der Waals surface area contributed by atoms with Gasteiger partial charge in [-0.15, -0.1) is 0 Å². The molecule has 0 N–H and O–H groups in total. The van der Waals surface area contributed by atoms with Crippen molar-refractivity contribution in [3.8, 4) is 5.69 Å². The highest BCUT2D eigenvalue weighted by Crippen LogP contribution is 2.31. The Morgan fingerprint density at radius 3 is 2.60 bits per heavy atom. The zero-order valence-corrected chi connectivity index (χ0v) is 14.2. The minimum atomic E-state index is -0.319. The first-order valence-corrected chi connectivity index (χ1v) is 8.26. The molecular weight excluding hydrogens is 339 g/mol. The Balaban J connectivity index is 1.75. The molecule has 1 heterocycles. The van der Waals surface area contributed by atoms with Crippen LogP contribution in [0.1, 0.15) is 27.2 Å². The van der Waals surface area contributed by atoms with Crippen molar-refractivity contribution in [2.24, 2.45) is 0 Å².